The standard InChI is InChI=1S/C16H23NO4S/c1-5-16(3,4)17-14(19)10-21-15(20)9-7-12(18)13-8-6-11(2)22-13/h6,8H,5,7,9-10H2,1-4H3,(H,17,19). The molecule has 0 aromatic carbocycles. The average Bonchev–Trinajstić information content (AvgIpc) is 2.88. The summed E-state index contributed by atoms with van der Waals surface area (Å²) in [5.41, 5.74) is -0.323. The lowest BCUT2D eigenvalue weighted by atomic mass is 10.0. The monoisotopic (exact) mass is 325 g/mol. The van der Waals surface area contributed by atoms with Crippen molar-refractivity contribution in [1.82, 2.24) is 5.32 Å². The molecular weight excluding hydrogens is 302 g/mol. The van der Waals surface area contributed by atoms with E-state index in [1.54, 1.807) is 6.07 Å². The van der Waals surface area contributed by atoms with Crippen LogP contribution in [-0.4, -0.2) is 29.8 Å². The number of thiophene rings is 1. The molecule has 0 spiro atoms. The molecule has 0 saturated carbocycles. The zero-order valence-electron chi connectivity index (χ0n) is 13.5. The number of carbonyl (C=O) groups is 3. The van der Waals surface area contributed by atoms with Crippen molar-refractivity contribution < 1.29 is 19.1 Å². The van der Waals surface area contributed by atoms with E-state index in [9.17, 15) is 14.4 Å². The number of hydrogen-bond acceptors (Lipinski definition) is 5. The summed E-state index contributed by atoms with van der Waals surface area (Å²) in [6.07, 6.45) is 0.864. The van der Waals surface area contributed by atoms with Gasteiger partial charge in [-0.1, -0.05) is 6.92 Å². The molecule has 0 aliphatic rings. The first-order valence-electron chi connectivity index (χ1n) is 7.30. The van der Waals surface area contributed by atoms with E-state index >= 15 is 0 Å². The fourth-order valence-corrected chi connectivity index (χ4v) is 2.48. The lowest BCUT2D eigenvalue weighted by molar-refractivity contribution is -0.148. The van der Waals surface area contributed by atoms with Crippen LogP contribution in [0.4, 0.5) is 0 Å². The van der Waals surface area contributed by atoms with Gasteiger partial charge >= 0.3 is 5.97 Å². The molecule has 0 unspecified atom stereocenters. The van der Waals surface area contributed by atoms with Gasteiger partial charge in [-0.3, -0.25) is 14.4 Å². The molecule has 5 nitrogen and oxygen atoms in total. The maximum absolute atomic E-state index is 11.9. The van der Waals surface area contributed by atoms with Gasteiger partial charge in [0, 0.05) is 16.8 Å². The third-order valence-electron chi connectivity index (χ3n) is 3.30. The van der Waals surface area contributed by atoms with Crippen LogP contribution in [-0.2, 0) is 14.3 Å². The Morgan fingerprint density at radius 3 is 2.45 bits per heavy atom. The molecule has 1 aromatic heterocycles. The van der Waals surface area contributed by atoms with E-state index in [0.29, 0.717) is 4.88 Å². The van der Waals surface area contributed by atoms with E-state index in [2.05, 4.69) is 5.32 Å². The molecule has 0 aliphatic carbocycles. The van der Waals surface area contributed by atoms with Gasteiger partial charge in [0.05, 0.1) is 11.3 Å². The maximum atomic E-state index is 11.9. The Morgan fingerprint density at radius 1 is 1.23 bits per heavy atom. The Labute approximate surface area is 135 Å². The third kappa shape index (κ3) is 6.39. The third-order valence-corrected chi connectivity index (χ3v) is 4.34. The van der Waals surface area contributed by atoms with E-state index in [1.807, 2.05) is 33.8 Å². The molecule has 1 heterocycles. The number of amides is 1. The Kier molecular flexibility index (Phi) is 6.74. The molecule has 0 aliphatic heterocycles. The molecular formula is C16H23NO4S. The summed E-state index contributed by atoms with van der Waals surface area (Å²) in [5.74, 6) is -0.946. The van der Waals surface area contributed by atoms with Crippen molar-refractivity contribution in [3.8, 4) is 0 Å². The minimum Gasteiger partial charge on any atom is -0.456 e. The highest BCUT2D eigenvalue weighted by molar-refractivity contribution is 7.14. The SMILES string of the molecule is CCC(C)(C)NC(=O)COC(=O)CCC(=O)c1ccc(C)s1. The molecule has 1 amide bonds. The number of ketones is 1. The molecule has 1 rings (SSSR count). The van der Waals surface area contributed by atoms with E-state index in [0.717, 1.165) is 11.3 Å². The first-order valence-corrected chi connectivity index (χ1v) is 8.11. The summed E-state index contributed by atoms with van der Waals surface area (Å²) in [4.78, 5) is 36.8. The van der Waals surface area contributed by atoms with Gasteiger partial charge in [-0.05, 0) is 39.3 Å². The van der Waals surface area contributed by atoms with Crippen LogP contribution < -0.4 is 5.32 Å². The molecule has 0 bridgehead atoms. The number of ether oxygens (including phenoxy) is 1. The Balaban J connectivity index is 2.29. The van der Waals surface area contributed by atoms with Crippen molar-refractivity contribution in [1.29, 1.82) is 0 Å². The lowest BCUT2D eigenvalue weighted by Crippen LogP contribution is -2.44. The molecule has 0 atom stereocenters. The lowest BCUT2D eigenvalue weighted by Gasteiger charge is -2.24. The summed E-state index contributed by atoms with van der Waals surface area (Å²) in [7, 11) is 0. The van der Waals surface area contributed by atoms with Crippen LogP contribution in [0.2, 0.25) is 0 Å². The summed E-state index contributed by atoms with van der Waals surface area (Å²) < 4.78 is 4.89. The van der Waals surface area contributed by atoms with Gasteiger partial charge < -0.3 is 10.1 Å². The number of rotatable bonds is 8. The normalized spacial score (nSPS) is 11.1. The van der Waals surface area contributed by atoms with Crippen molar-refractivity contribution in [3.05, 3.63) is 21.9 Å². The fourth-order valence-electron chi connectivity index (χ4n) is 1.64. The second-order valence-electron chi connectivity index (χ2n) is 5.78. The summed E-state index contributed by atoms with van der Waals surface area (Å²) in [6.45, 7) is 7.37. The summed E-state index contributed by atoms with van der Waals surface area (Å²) in [5, 5.41) is 2.77. The second kappa shape index (κ2) is 8.08. The minimum absolute atomic E-state index is 0.0137. The van der Waals surface area contributed by atoms with Gasteiger partial charge in [-0.25, -0.2) is 0 Å². The van der Waals surface area contributed by atoms with Gasteiger partial charge in [-0.2, -0.15) is 0 Å². The highest BCUT2D eigenvalue weighted by Gasteiger charge is 2.19. The number of aryl methyl sites for hydroxylation is 1. The number of hydrogen-bond donors (Lipinski definition) is 1. The van der Waals surface area contributed by atoms with Crippen molar-refractivity contribution in [2.75, 3.05) is 6.61 Å². The molecule has 0 radical (unpaired) electrons. The first-order chi connectivity index (χ1) is 10.2. The van der Waals surface area contributed by atoms with Crippen LogP contribution in [0.15, 0.2) is 12.1 Å². The topological polar surface area (TPSA) is 72.5 Å². The largest absolute Gasteiger partial charge is 0.456 e. The quantitative estimate of drug-likeness (QED) is 0.589. The van der Waals surface area contributed by atoms with Gasteiger partial charge in [0.1, 0.15) is 0 Å². The number of nitrogens with one attached hydrogen (secondary N) is 1. The van der Waals surface area contributed by atoms with Crippen LogP contribution in [0.5, 0.6) is 0 Å². The Bertz CT molecular complexity index is 548. The van der Waals surface area contributed by atoms with Crippen LogP contribution in [0.1, 0.15) is 54.6 Å². The minimum atomic E-state index is -0.536. The van der Waals surface area contributed by atoms with E-state index in [1.165, 1.54) is 11.3 Å². The van der Waals surface area contributed by atoms with Crippen LogP contribution in [0.3, 0.4) is 0 Å². The van der Waals surface area contributed by atoms with Crippen LogP contribution in [0.25, 0.3) is 0 Å². The van der Waals surface area contributed by atoms with Crippen molar-refractivity contribution in [3.63, 3.8) is 0 Å². The zero-order valence-corrected chi connectivity index (χ0v) is 14.3. The molecule has 6 heteroatoms. The number of carbonyl (C=O) groups excluding carboxylic acids is 3. The average molecular weight is 325 g/mol. The fraction of sp³-hybridized carbons (Fsp3) is 0.562. The predicted molar refractivity (Wildman–Crippen MR) is 86.1 cm³/mol. The molecule has 0 saturated heterocycles. The molecule has 22 heavy (non-hydrogen) atoms. The van der Waals surface area contributed by atoms with Gasteiger partial charge in [0.2, 0.25) is 0 Å². The van der Waals surface area contributed by atoms with Gasteiger partial charge in [0.15, 0.2) is 12.4 Å². The molecule has 1 aromatic rings. The highest BCUT2D eigenvalue weighted by atomic mass is 32.1. The summed E-state index contributed by atoms with van der Waals surface area (Å²) in [6, 6.07) is 3.63. The van der Waals surface area contributed by atoms with E-state index < -0.39 is 5.97 Å². The Morgan fingerprint density at radius 2 is 1.91 bits per heavy atom. The number of Topliss-reactive ketones (excluding diaryl/α,β-unsaturated/α-hetero) is 1. The van der Waals surface area contributed by atoms with Crippen LogP contribution >= 0.6 is 11.3 Å². The molecule has 122 valence electrons. The molecule has 0 fully saturated rings. The molecule has 1 N–H and O–H groups in total. The first kappa shape index (κ1) is 18.4. The van der Waals surface area contributed by atoms with Gasteiger partial charge in [0.25, 0.3) is 5.91 Å². The van der Waals surface area contributed by atoms with Crippen molar-refractivity contribution in [2.45, 2.75) is 52.5 Å². The Hall–Kier alpha value is -1.69. The number of esters is 1. The highest BCUT2D eigenvalue weighted by Crippen LogP contribution is 2.17. The predicted octanol–water partition coefficient (Wildman–Crippen LogP) is 2.87. The van der Waals surface area contributed by atoms with Gasteiger partial charge in [-0.15, -0.1) is 11.3 Å². The second-order valence-corrected chi connectivity index (χ2v) is 7.07. The smallest absolute Gasteiger partial charge is 0.306 e. The van der Waals surface area contributed by atoms with E-state index in [4.69, 9.17) is 4.74 Å². The maximum Gasteiger partial charge on any atom is 0.306 e. The van der Waals surface area contributed by atoms with Crippen molar-refractivity contribution >= 4 is 29.0 Å². The van der Waals surface area contributed by atoms with Crippen LogP contribution in [0, 0.1) is 6.92 Å². The zero-order chi connectivity index (χ0) is 16.8. The van der Waals surface area contributed by atoms with Crippen molar-refractivity contribution in [2.24, 2.45) is 0 Å². The summed E-state index contributed by atoms with van der Waals surface area (Å²) >= 11 is 1.41. The van der Waals surface area contributed by atoms with E-state index in [-0.39, 0.29) is 36.7 Å².